The van der Waals surface area contributed by atoms with Crippen molar-refractivity contribution < 1.29 is 28.6 Å². The summed E-state index contributed by atoms with van der Waals surface area (Å²) in [5.41, 5.74) is 8.42. The minimum atomic E-state index is -0.439. The Hall–Kier alpha value is -5.49. The van der Waals surface area contributed by atoms with Gasteiger partial charge in [-0.05, 0) is 101 Å². The second kappa shape index (κ2) is 16.4. The van der Waals surface area contributed by atoms with Crippen LogP contribution in [-0.2, 0) is 35.7 Å². The first-order valence-electron chi connectivity index (χ1n) is 16.3. The van der Waals surface area contributed by atoms with Crippen molar-refractivity contribution in [3.63, 3.8) is 0 Å². The number of benzene rings is 5. The lowest BCUT2D eigenvalue weighted by Gasteiger charge is -2.16. The lowest BCUT2D eigenvalue weighted by Crippen LogP contribution is -2.10. The second-order valence-electron chi connectivity index (χ2n) is 11.7. The molecular weight excluding hydrogens is 600 g/mol. The molecule has 0 atom stereocenters. The number of rotatable bonds is 14. The molecule has 0 heterocycles. The summed E-state index contributed by atoms with van der Waals surface area (Å²) in [7, 11) is 0. The van der Waals surface area contributed by atoms with Crippen molar-refractivity contribution in [3.05, 3.63) is 160 Å². The van der Waals surface area contributed by atoms with E-state index < -0.39 is 11.9 Å². The van der Waals surface area contributed by atoms with Crippen LogP contribution in [0.2, 0.25) is 0 Å². The van der Waals surface area contributed by atoms with Gasteiger partial charge in [0.2, 0.25) is 0 Å². The largest absolute Gasteiger partial charge is 0.489 e. The standard InChI is InChI=1S/C42H40O6/c1-4-12-33-24-34(40(43)5-2)20-22-38(33)39-25-37(21-17-29(39)3)46-26-30-18-19-35(27-47-41(44)31-13-8-6-9-14-31)36(23-30)28-48-42(45)32-15-10-7-11-16-32/h6-11,13-25H,4-5,12,26-28H2,1-3H3. The maximum Gasteiger partial charge on any atom is 0.338 e. The minimum Gasteiger partial charge on any atom is -0.489 e. The lowest BCUT2D eigenvalue weighted by atomic mass is 9.91. The van der Waals surface area contributed by atoms with Gasteiger partial charge in [-0.3, -0.25) is 4.79 Å². The number of esters is 2. The van der Waals surface area contributed by atoms with E-state index in [-0.39, 0.29) is 25.6 Å². The van der Waals surface area contributed by atoms with Gasteiger partial charge < -0.3 is 14.2 Å². The van der Waals surface area contributed by atoms with Gasteiger partial charge in [0.05, 0.1) is 11.1 Å². The number of carbonyl (C=O) groups is 3. The molecule has 0 amide bonds. The highest BCUT2D eigenvalue weighted by atomic mass is 16.5. The molecule has 244 valence electrons. The highest BCUT2D eigenvalue weighted by Crippen LogP contribution is 2.32. The fraction of sp³-hybridized carbons (Fsp3) is 0.214. The van der Waals surface area contributed by atoms with Crippen molar-refractivity contribution in [2.24, 2.45) is 0 Å². The fourth-order valence-corrected chi connectivity index (χ4v) is 5.50. The number of aryl methyl sites for hydroxylation is 2. The van der Waals surface area contributed by atoms with E-state index in [0.29, 0.717) is 23.3 Å². The summed E-state index contributed by atoms with van der Waals surface area (Å²) in [6, 6.07) is 35.4. The minimum absolute atomic E-state index is 0.00516. The van der Waals surface area contributed by atoms with E-state index >= 15 is 0 Å². The van der Waals surface area contributed by atoms with E-state index in [1.54, 1.807) is 48.5 Å². The van der Waals surface area contributed by atoms with Crippen LogP contribution < -0.4 is 4.74 Å². The molecule has 0 saturated heterocycles. The second-order valence-corrected chi connectivity index (χ2v) is 11.7. The topological polar surface area (TPSA) is 78.9 Å². The van der Waals surface area contributed by atoms with Crippen molar-refractivity contribution in [2.45, 2.75) is 59.9 Å². The average molecular weight is 641 g/mol. The number of hydrogen-bond donors (Lipinski definition) is 0. The Balaban J connectivity index is 1.35. The average Bonchev–Trinajstić information content (AvgIpc) is 3.13. The van der Waals surface area contributed by atoms with Crippen molar-refractivity contribution in [1.82, 2.24) is 0 Å². The molecule has 0 radical (unpaired) electrons. The van der Waals surface area contributed by atoms with Crippen LogP contribution in [0.5, 0.6) is 5.75 Å². The smallest absolute Gasteiger partial charge is 0.338 e. The third-order valence-electron chi connectivity index (χ3n) is 8.18. The molecule has 5 rings (SSSR count). The van der Waals surface area contributed by atoms with Crippen LogP contribution in [-0.4, -0.2) is 17.7 Å². The molecule has 0 aromatic heterocycles. The van der Waals surface area contributed by atoms with Gasteiger partial charge in [-0.25, -0.2) is 9.59 Å². The van der Waals surface area contributed by atoms with Crippen molar-refractivity contribution >= 4 is 17.7 Å². The molecule has 5 aromatic carbocycles. The molecule has 0 bridgehead atoms. The van der Waals surface area contributed by atoms with E-state index in [1.807, 2.05) is 73.7 Å². The SMILES string of the molecule is CCCc1cc(C(=O)CC)ccc1-c1cc(OCc2ccc(COC(=O)c3ccccc3)c(COC(=O)c3ccccc3)c2)ccc1C. The highest BCUT2D eigenvalue weighted by molar-refractivity contribution is 5.96. The van der Waals surface area contributed by atoms with Crippen molar-refractivity contribution in [1.29, 1.82) is 0 Å². The van der Waals surface area contributed by atoms with Gasteiger partial charge in [0.1, 0.15) is 25.6 Å². The Bertz CT molecular complexity index is 1880. The van der Waals surface area contributed by atoms with Crippen LogP contribution in [0.4, 0.5) is 0 Å². The molecule has 0 aliphatic carbocycles. The van der Waals surface area contributed by atoms with Gasteiger partial charge in [-0.1, -0.05) is 87.0 Å². The molecule has 0 aliphatic heterocycles. The van der Waals surface area contributed by atoms with Gasteiger partial charge in [0.25, 0.3) is 0 Å². The molecule has 0 spiro atoms. The van der Waals surface area contributed by atoms with Crippen molar-refractivity contribution in [3.8, 4) is 16.9 Å². The Kier molecular flexibility index (Phi) is 11.5. The number of carbonyl (C=O) groups excluding carboxylic acids is 3. The van der Waals surface area contributed by atoms with Gasteiger partial charge in [0, 0.05) is 12.0 Å². The van der Waals surface area contributed by atoms with Crippen LogP contribution in [0, 0.1) is 6.92 Å². The molecule has 5 aromatic rings. The quantitative estimate of drug-likeness (QED) is 0.0889. The zero-order valence-electron chi connectivity index (χ0n) is 27.7. The normalized spacial score (nSPS) is 10.7. The molecule has 0 N–H and O–H groups in total. The maximum absolute atomic E-state index is 12.7. The first-order valence-corrected chi connectivity index (χ1v) is 16.3. The predicted molar refractivity (Wildman–Crippen MR) is 187 cm³/mol. The summed E-state index contributed by atoms with van der Waals surface area (Å²) in [6.07, 6.45) is 2.32. The lowest BCUT2D eigenvalue weighted by molar-refractivity contribution is 0.0435. The summed E-state index contributed by atoms with van der Waals surface area (Å²) >= 11 is 0. The molecular formula is C42H40O6. The third kappa shape index (κ3) is 8.65. The Morgan fingerprint density at radius 3 is 1.83 bits per heavy atom. The molecule has 48 heavy (non-hydrogen) atoms. The third-order valence-corrected chi connectivity index (χ3v) is 8.18. The number of hydrogen-bond acceptors (Lipinski definition) is 6. The predicted octanol–water partition coefficient (Wildman–Crippen LogP) is 9.50. The zero-order chi connectivity index (χ0) is 33.9. The first kappa shape index (κ1) is 33.9. The number of ketones is 1. The van der Waals surface area contributed by atoms with Gasteiger partial charge in [-0.15, -0.1) is 0 Å². The molecule has 0 aliphatic rings. The summed E-state index contributed by atoms with van der Waals surface area (Å²) in [5, 5.41) is 0. The van der Waals surface area contributed by atoms with E-state index in [2.05, 4.69) is 13.8 Å². The van der Waals surface area contributed by atoms with Gasteiger partial charge in [0.15, 0.2) is 5.78 Å². The summed E-state index contributed by atoms with van der Waals surface area (Å²) in [4.78, 5) is 37.8. The molecule has 0 unspecified atom stereocenters. The summed E-state index contributed by atoms with van der Waals surface area (Å²) in [5.74, 6) is -0.0164. The number of Topliss-reactive ketones (excluding diaryl/α,β-unsaturated/α-hetero) is 1. The summed E-state index contributed by atoms with van der Waals surface area (Å²) in [6.45, 7) is 6.40. The van der Waals surface area contributed by atoms with Crippen LogP contribution in [0.1, 0.15) is 85.6 Å². The first-order chi connectivity index (χ1) is 23.4. The summed E-state index contributed by atoms with van der Waals surface area (Å²) < 4.78 is 17.6. The van der Waals surface area contributed by atoms with Gasteiger partial charge in [-0.2, -0.15) is 0 Å². The van der Waals surface area contributed by atoms with Crippen molar-refractivity contribution in [2.75, 3.05) is 0 Å². The monoisotopic (exact) mass is 640 g/mol. The maximum atomic E-state index is 12.7. The van der Waals surface area contributed by atoms with Crippen LogP contribution in [0.25, 0.3) is 11.1 Å². The van der Waals surface area contributed by atoms with Gasteiger partial charge >= 0.3 is 11.9 Å². The Morgan fingerprint density at radius 2 is 1.21 bits per heavy atom. The Morgan fingerprint density at radius 1 is 0.562 bits per heavy atom. The molecule has 0 saturated carbocycles. The molecule has 0 fully saturated rings. The van der Waals surface area contributed by atoms with Crippen LogP contribution in [0.3, 0.4) is 0 Å². The molecule has 6 nitrogen and oxygen atoms in total. The van der Waals surface area contributed by atoms with Crippen LogP contribution in [0.15, 0.2) is 115 Å². The zero-order valence-corrected chi connectivity index (χ0v) is 27.7. The van der Waals surface area contributed by atoms with E-state index in [4.69, 9.17) is 14.2 Å². The molecule has 6 heteroatoms. The van der Waals surface area contributed by atoms with E-state index in [0.717, 1.165) is 57.3 Å². The highest BCUT2D eigenvalue weighted by Gasteiger charge is 2.15. The number of ether oxygens (including phenoxy) is 3. The van der Waals surface area contributed by atoms with E-state index in [1.165, 1.54) is 0 Å². The Labute approximate surface area is 282 Å². The van der Waals surface area contributed by atoms with Crippen LogP contribution >= 0.6 is 0 Å². The fourth-order valence-electron chi connectivity index (χ4n) is 5.50. The van der Waals surface area contributed by atoms with E-state index in [9.17, 15) is 14.4 Å².